The highest BCUT2D eigenvalue weighted by molar-refractivity contribution is 5.93. The van der Waals surface area contributed by atoms with Crippen LogP contribution in [0.2, 0.25) is 0 Å². The molecule has 1 aliphatic heterocycles. The number of hydrogen-bond acceptors (Lipinski definition) is 4. The lowest BCUT2D eigenvalue weighted by atomic mass is 9.99. The van der Waals surface area contributed by atoms with Crippen LogP contribution in [0.25, 0.3) is 0 Å². The van der Waals surface area contributed by atoms with Crippen LogP contribution in [-0.4, -0.2) is 11.1 Å². The van der Waals surface area contributed by atoms with Gasteiger partial charge in [0.2, 0.25) is 0 Å². The summed E-state index contributed by atoms with van der Waals surface area (Å²) in [6.45, 7) is 8.04. The first kappa shape index (κ1) is 22.8. The summed E-state index contributed by atoms with van der Waals surface area (Å²) >= 11 is 0. The molecule has 4 nitrogen and oxygen atoms in total. The van der Waals surface area contributed by atoms with Crippen molar-refractivity contribution in [2.45, 2.75) is 72.6 Å². The molecule has 0 amide bonds. The van der Waals surface area contributed by atoms with Gasteiger partial charge < -0.3 is 14.3 Å². The van der Waals surface area contributed by atoms with E-state index in [1.807, 2.05) is 18.2 Å². The molecular weight excluding hydrogens is 364 g/mol. The zero-order chi connectivity index (χ0) is 21.2. The molecule has 0 unspecified atom stereocenters. The van der Waals surface area contributed by atoms with Gasteiger partial charge in [-0.15, -0.1) is 0 Å². The van der Waals surface area contributed by atoms with E-state index in [2.05, 4.69) is 32.9 Å². The number of allylic oxidation sites excluding steroid dienone is 5. The third kappa shape index (κ3) is 7.80. The summed E-state index contributed by atoms with van der Waals surface area (Å²) in [5, 5.41) is 9.88. The molecular formula is C25H34O4. The fourth-order valence-electron chi connectivity index (χ4n) is 3.33. The Morgan fingerprint density at radius 3 is 2.55 bits per heavy atom. The number of hydrogen-bond donors (Lipinski definition) is 1. The Balaban J connectivity index is 1.63. The Labute approximate surface area is 174 Å². The molecule has 0 bridgehead atoms. The van der Waals surface area contributed by atoms with E-state index >= 15 is 0 Å². The minimum Gasteiger partial charge on any atom is -0.504 e. The van der Waals surface area contributed by atoms with Crippen LogP contribution in [0.15, 0.2) is 69.3 Å². The van der Waals surface area contributed by atoms with Gasteiger partial charge in [0.05, 0.1) is 11.8 Å². The highest BCUT2D eigenvalue weighted by Gasteiger charge is 2.26. The van der Waals surface area contributed by atoms with Crippen LogP contribution in [0.5, 0.6) is 0 Å². The molecule has 158 valence electrons. The molecule has 0 spiro atoms. The number of cyclic esters (lactones) is 1. The van der Waals surface area contributed by atoms with E-state index < -0.39 is 5.97 Å². The topological polar surface area (TPSA) is 59.7 Å². The summed E-state index contributed by atoms with van der Waals surface area (Å²) in [4.78, 5) is 11.4. The van der Waals surface area contributed by atoms with Crippen molar-refractivity contribution in [1.29, 1.82) is 0 Å². The molecule has 2 heterocycles. The first-order valence-electron chi connectivity index (χ1n) is 10.5. The molecule has 2 rings (SSSR count). The van der Waals surface area contributed by atoms with Crippen molar-refractivity contribution in [1.82, 2.24) is 0 Å². The molecule has 0 radical (unpaired) electrons. The van der Waals surface area contributed by atoms with Gasteiger partial charge in [-0.2, -0.15) is 0 Å². The lowest BCUT2D eigenvalue weighted by Gasteiger charge is -2.08. The summed E-state index contributed by atoms with van der Waals surface area (Å²) in [7, 11) is 0. The quantitative estimate of drug-likeness (QED) is 0.323. The van der Waals surface area contributed by atoms with Gasteiger partial charge in [0, 0.05) is 6.42 Å². The highest BCUT2D eigenvalue weighted by Crippen LogP contribution is 2.26. The molecule has 0 saturated heterocycles. The zero-order valence-electron chi connectivity index (χ0n) is 18.2. The number of ether oxygens (including phenoxy) is 1. The predicted octanol–water partition coefficient (Wildman–Crippen LogP) is 6.96. The first-order chi connectivity index (χ1) is 13.9. The van der Waals surface area contributed by atoms with Crippen molar-refractivity contribution in [3.8, 4) is 0 Å². The van der Waals surface area contributed by atoms with Crippen LogP contribution in [0.1, 0.15) is 72.0 Å². The van der Waals surface area contributed by atoms with Gasteiger partial charge in [-0.05, 0) is 83.4 Å². The normalized spacial score (nSPS) is 17.9. The molecule has 0 saturated carbocycles. The molecule has 0 aliphatic carbocycles. The van der Waals surface area contributed by atoms with Crippen molar-refractivity contribution in [2.75, 3.05) is 0 Å². The van der Waals surface area contributed by atoms with Gasteiger partial charge >= 0.3 is 5.97 Å². The van der Waals surface area contributed by atoms with E-state index in [1.54, 1.807) is 13.2 Å². The summed E-state index contributed by atoms with van der Waals surface area (Å²) in [5.41, 5.74) is 3.13. The van der Waals surface area contributed by atoms with Crippen LogP contribution in [0.3, 0.4) is 0 Å². The van der Waals surface area contributed by atoms with E-state index in [0.29, 0.717) is 5.76 Å². The third-order valence-electron chi connectivity index (χ3n) is 5.26. The fourth-order valence-corrected chi connectivity index (χ4v) is 3.33. The smallest absolute Gasteiger partial charge is 0.343 e. The minimum absolute atomic E-state index is 0.0227. The van der Waals surface area contributed by atoms with Gasteiger partial charge in [-0.3, -0.25) is 0 Å². The Morgan fingerprint density at radius 1 is 1.17 bits per heavy atom. The second kappa shape index (κ2) is 11.5. The standard InChI is InChI=1S/C25H34O4/c1-18(9-5-10-19(2)12-7-14-22-15-8-16-28-22)11-6-13-20(3)17-23-24(26)21(4)25(27)29-23/h8-9,12,15-17,20,26H,5-7,10-11,13-14H2,1-4H3/b18-9+,19-12+,23-17-/t20-/m0/s1. The number of furan rings is 1. The van der Waals surface area contributed by atoms with Crippen molar-refractivity contribution in [3.63, 3.8) is 0 Å². The fraction of sp³-hybridized carbons (Fsp3) is 0.480. The minimum atomic E-state index is -0.454. The van der Waals surface area contributed by atoms with Gasteiger partial charge in [0.15, 0.2) is 11.5 Å². The van der Waals surface area contributed by atoms with Crippen molar-refractivity contribution >= 4 is 5.97 Å². The van der Waals surface area contributed by atoms with E-state index in [-0.39, 0.29) is 17.3 Å². The molecule has 29 heavy (non-hydrogen) atoms. The van der Waals surface area contributed by atoms with Crippen molar-refractivity contribution in [2.24, 2.45) is 5.92 Å². The van der Waals surface area contributed by atoms with E-state index in [9.17, 15) is 9.90 Å². The van der Waals surface area contributed by atoms with Crippen LogP contribution in [-0.2, 0) is 16.0 Å². The molecule has 1 atom stereocenters. The lowest BCUT2D eigenvalue weighted by Crippen LogP contribution is -1.97. The average Bonchev–Trinajstić information content (AvgIpc) is 3.27. The molecule has 1 N–H and O–H groups in total. The molecule has 1 aliphatic rings. The van der Waals surface area contributed by atoms with Crippen LogP contribution in [0.4, 0.5) is 0 Å². The predicted molar refractivity (Wildman–Crippen MR) is 116 cm³/mol. The Morgan fingerprint density at radius 2 is 1.90 bits per heavy atom. The molecule has 1 aromatic rings. The number of esters is 1. The summed E-state index contributed by atoms with van der Waals surface area (Å²) in [6, 6.07) is 3.95. The van der Waals surface area contributed by atoms with Gasteiger partial charge in [0.25, 0.3) is 0 Å². The monoisotopic (exact) mass is 398 g/mol. The maximum Gasteiger partial charge on any atom is 0.343 e. The van der Waals surface area contributed by atoms with E-state index in [4.69, 9.17) is 9.15 Å². The number of carbonyl (C=O) groups excluding carboxylic acids is 1. The Kier molecular flexibility index (Phi) is 9.04. The van der Waals surface area contributed by atoms with Gasteiger partial charge in [-0.1, -0.05) is 30.2 Å². The summed E-state index contributed by atoms with van der Waals surface area (Å²) in [6.07, 6.45) is 15.5. The number of aliphatic hydroxyl groups is 1. The zero-order valence-corrected chi connectivity index (χ0v) is 18.2. The lowest BCUT2D eigenvalue weighted by molar-refractivity contribution is -0.133. The number of aryl methyl sites for hydroxylation is 1. The van der Waals surface area contributed by atoms with Gasteiger partial charge in [0.1, 0.15) is 5.76 Å². The van der Waals surface area contributed by atoms with Gasteiger partial charge in [-0.25, -0.2) is 4.79 Å². The second-order valence-corrected chi connectivity index (χ2v) is 8.02. The number of rotatable bonds is 11. The van der Waals surface area contributed by atoms with Crippen LogP contribution < -0.4 is 0 Å². The average molecular weight is 399 g/mol. The highest BCUT2D eigenvalue weighted by atomic mass is 16.6. The third-order valence-corrected chi connectivity index (χ3v) is 5.26. The molecule has 0 aromatic carbocycles. The van der Waals surface area contributed by atoms with Crippen LogP contribution >= 0.6 is 0 Å². The van der Waals surface area contributed by atoms with Crippen molar-refractivity contribution in [3.05, 3.63) is 70.6 Å². The Bertz CT molecular complexity index is 791. The maximum atomic E-state index is 11.4. The van der Waals surface area contributed by atoms with Crippen LogP contribution in [0, 0.1) is 5.92 Å². The number of aliphatic hydroxyl groups excluding tert-OH is 1. The van der Waals surface area contributed by atoms with E-state index in [0.717, 1.165) is 50.7 Å². The molecule has 1 aromatic heterocycles. The second-order valence-electron chi connectivity index (χ2n) is 8.02. The molecule has 4 heteroatoms. The molecule has 0 fully saturated rings. The largest absolute Gasteiger partial charge is 0.504 e. The number of carbonyl (C=O) groups is 1. The van der Waals surface area contributed by atoms with E-state index in [1.165, 1.54) is 11.1 Å². The first-order valence-corrected chi connectivity index (χ1v) is 10.5. The SMILES string of the molecule is CC1=C(O)/C(=C/[C@@H](C)CCC/C(C)=C/CC/C(C)=C/CCc2ccco2)OC1=O. The Hall–Kier alpha value is -2.49. The van der Waals surface area contributed by atoms with Crippen molar-refractivity contribution < 1.29 is 19.1 Å². The summed E-state index contributed by atoms with van der Waals surface area (Å²) in [5.74, 6) is 1.12. The maximum absolute atomic E-state index is 11.4. The summed E-state index contributed by atoms with van der Waals surface area (Å²) < 4.78 is 10.4.